The highest BCUT2D eigenvalue weighted by Crippen LogP contribution is 2.20. The summed E-state index contributed by atoms with van der Waals surface area (Å²) in [6.45, 7) is 3.89. The molecule has 0 aromatic rings. The molecule has 10 heteroatoms. The van der Waals surface area contributed by atoms with Crippen LogP contribution < -0.4 is 10.6 Å². The second-order valence-corrected chi connectivity index (χ2v) is 6.83. The molecule has 0 saturated carbocycles. The van der Waals surface area contributed by atoms with Gasteiger partial charge in [-0.3, -0.25) is 4.79 Å². The number of unbranched alkanes of at least 4 members (excludes halogenated alkanes) is 4. The van der Waals surface area contributed by atoms with Gasteiger partial charge in [-0.2, -0.15) is 0 Å². The zero-order valence-corrected chi connectivity index (χ0v) is 16.7. The van der Waals surface area contributed by atoms with Crippen molar-refractivity contribution in [2.75, 3.05) is 20.3 Å². The highest BCUT2D eigenvalue weighted by molar-refractivity contribution is 5.90. The van der Waals surface area contributed by atoms with E-state index in [1.54, 1.807) is 0 Å². The fourth-order valence-electron chi connectivity index (χ4n) is 3.12. The first kappa shape index (κ1) is 23.5. The molecule has 28 heavy (non-hydrogen) atoms. The molecule has 3 atom stereocenters. The number of hydrogen-bond donors (Lipinski definition) is 3. The van der Waals surface area contributed by atoms with Crippen molar-refractivity contribution in [2.45, 2.75) is 70.5 Å². The van der Waals surface area contributed by atoms with Crippen LogP contribution in [0.5, 0.6) is 0 Å². The second kappa shape index (κ2) is 12.0. The molecule has 160 valence electrons. The quantitative estimate of drug-likeness (QED) is 0.373. The Morgan fingerprint density at radius 2 is 1.86 bits per heavy atom. The van der Waals surface area contributed by atoms with Gasteiger partial charge in [0, 0.05) is 13.0 Å². The smallest absolute Gasteiger partial charge is 0.407 e. The van der Waals surface area contributed by atoms with E-state index in [1.165, 1.54) is 18.9 Å². The lowest BCUT2D eigenvalue weighted by molar-refractivity contribution is -0.151. The molecule has 1 rings (SSSR count). The molecule has 1 aliphatic rings. The van der Waals surface area contributed by atoms with Gasteiger partial charge in [-0.05, 0) is 13.3 Å². The zero-order chi connectivity index (χ0) is 21.1. The van der Waals surface area contributed by atoms with Crippen molar-refractivity contribution in [3.63, 3.8) is 0 Å². The predicted octanol–water partition coefficient (Wildman–Crippen LogP) is 1.48. The Morgan fingerprint density at radius 3 is 2.46 bits per heavy atom. The predicted molar refractivity (Wildman–Crippen MR) is 99.8 cm³/mol. The molecule has 1 heterocycles. The maximum Gasteiger partial charge on any atom is 0.407 e. The largest absolute Gasteiger partial charge is 0.467 e. The molecule has 0 unspecified atom stereocenters. The van der Waals surface area contributed by atoms with Crippen molar-refractivity contribution in [1.29, 1.82) is 0 Å². The summed E-state index contributed by atoms with van der Waals surface area (Å²) in [7, 11) is 1.20. The summed E-state index contributed by atoms with van der Waals surface area (Å²) in [5.41, 5.74) is 0. The van der Waals surface area contributed by atoms with E-state index >= 15 is 0 Å². The van der Waals surface area contributed by atoms with Crippen molar-refractivity contribution in [3.8, 4) is 0 Å². The lowest BCUT2D eigenvalue weighted by atomic mass is 10.1. The van der Waals surface area contributed by atoms with Gasteiger partial charge in [-0.15, -0.1) is 0 Å². The molecule has 3 amide bonds. The van der Waals surface area contributed by atoms with Crippen LogP contribution >= 0.6 is 0 Å². The monoisotopic (exact) mass is 401 g/mol. The number of hydrogen-bond acceptors (Lipinski definition) is 6. The van der Waals surface area contributed by atoms with Crippen LogP contribution in [0.2, 0.25) is 0 Å². The number of alkyl carbamates (subject to hydrolysis) is 1. The van der Waals surface area contributed by atoms with Crippen molar-refractivity contribution >= 4 is 24.1 Å². The molecule has 10 nitrogen and oxygen atoms in total. The van der Waals surface area contributed by atoms with Crippen LogP contribution in [0.15, 0.2) is 0 Å². The minimum absolute atomic E-state index is 0.0173. The molecule has 3 N–H and O–H groups in total. The molecule has 0 aromatic carbocycles. The molecule has 0 bridgehead atoms. The number of carbonyl (C=O) groups excluding carboxylic acids is 3. The number of esters is 1. The van der Waals surface area contributed by atoms with Crippen LogP contribution in [-0.4, -0.2) is 72.5 Å². The standard InChI is InChI=1S/C18H31N3O7/c1-4-5-6-7-8-9-28-18(26)19-12(2)15(22)21-11-13(20-17(24)25)10-14(21)16(23)27-3/h12-14,20H,4-11H2,1-3H3,(H,19,26)(H,24,25)/t12-,13+,14-/m0/s1. The Balaban J connectivity index is 2.53. The van der Waals surface area contributed by atoms with E-state index in [1.807, 2.05) is 0 Å². The summed E-state index contributed by atoms with van der Waals surface area (Å²) < 4.78 is 9.77. The average Bonchev–Trinajstić information content (AvgIpc) is 3.06. The minimum Gasteiger partial charge on any atom is -0.467 e. The van der Waals surface area contributed by atoms with Crippen LogP contribution in [0, 0.1) is 0 Å². The molecular weight excluding hydrogens is 370 g/mol. The number of ether oxygens (including phenoxy) is 2. The summed E-state index contributed by atoms with van der Waals surface area (Å²) in [6, 6.07) is -2.43. The van der Waals surface area contributed by atoms with E-state index in [0.717, 1.165) is 32.1 Å². The van der Waals surface area contributed by atoms with E-state index in [-0.39, 0.29) is 19.6 Å². The number of carboxylic acid groups (broad SMARTS) is 1. The van der Waals surface area contributed by atoms with Crippen molar-refractivity contribution < 1.29 is 33.8 Å². The van der Waals surface area contributed by atoms with Gasteiger partial charge in [0.2, 0.25) is 5.91 Å². The summed E-state index contributed by atoms with van der Waals surface area (Å²) >= 11 is 0. The molecule has 0 aliphatic carbocycles. The third kappa shape index (κ3) is 7.61. The normalized spacial score (nSPS) is 19.6. The Kier molecular flexibility index (Phi) is 10.1. The number of carbonyl (C=O) groups is 4. The van der Waals surface area contributed by atoms with Gasteiger partial charge >= 0.3 is 18.2 Å². The van der Waals surface area contributed by atoms with Crippen LogP contribution in [0.25, 0.3) is 0 Å². The SMILES string of the molecule is CCCCCCCOC(=O)N[C@@H](C)C(=O)N1C[C@H](NC(=O)O)C[C@H]1C(=O)OC. The Bertz CT molecular complexity index is 555. The summed E-state index contributed by atoms with van der Waals surface area (Å²) in [5.74, 6) is -1.14. The van der Waals surface area contributed by atoms with Crippen LogP contribution in [0.3, 0.4) is 0 Å². The van der Waals surface area contributed by atoms with Gasteiger partial charge < -0.3 is 30.1 Å². The second-order valence-electron chi connectivity index (χ2n) is 6.83. The summed E-state index contributed by atoms with van der Waals surface area (Å²) in [6.07, 6.45) is 3.27. The number of nitrogens with zero attached hydrogens (tertiary/aromatic N) is 1. The first-order valence-corrected chi connectivity index (χ1v) is 9.61. The van der Waals surface area contributed by atoms with Gasteiger partial charge in [-0.1, -0.05) is 32.6 Å². The molecule has 0 aromatic heterocycles. The Labute approximate surface area is 164 Å². The zero-order valence-electron chi connectivity index (χ0n) is 16.7. The van der Waals surface area contributed by atoms with Crippen molar-refractivity contribution in [2.24, 2.45) is 0 Å². The third-order valence-corrected chi connectivity index (χ3v) is 4.57. The fraction of sp³-hybridized carbons (Fsp3) is 0.778. The Hall–Kier alpha value is -2.52. The first-order valence-electron chi connectivity index (χ1n) is 9.61. The van der Waals surface area contributed by atoms with E-state index in [9.17, 15) is 19.2 Å². The van der Waals surface area contributed by atoms with E-state index in [4.69, 9.17) is 14.6 Å². The number of nitrogens with one attached hydrogen (secondary N) is 2. The van der Waals surface area contributed by atoms with Gasteiger partial charge in [0.15, 0.2) is 0 Å². The van der Waals surface area contributed by atoms with E-state index < -0.39 is 42.2 Å². The molecule has 0 spiro atoms. The van der Waals surface area contributed by atoms with Gasteiger partial charge in [0.1, 0.15) is 12.1 Å². The van der Waals surface area contributed by atoms with Crippen LogP contribution in [0.4, 0.5) is 9.59 Å². The third-order valence-electron chi connectivity index (χ3n) is 4.57. The van der Waals surface area contributed by atoms with E-state index in [2.05, 4.69) is 17.6 Å². The maximum absolute atomic E-state index is 12.7. The lowest BCUT2D eigenvalue weighted by Crippen LogP contribution is -2.51. The van der Waals surface area contributed by atoms with Gasteiger partial charge in [-0.25, -0.2) is 14.4 Å². The number of rotatable bonds is 10. The number of likely N-dealkylation sites (tertiary alicyclic amines) is 1. The topological polar surface area (TPSA) is 134 Å². The maximum atomic E-state index is 12.7. The van der Waals surface area contributed by atoms with Crippen LogP contribution in [0.1, 0.15) is 52.4 Å². The van der Waals surface area contributed by atoms with Crippen LogP contribution in [-0.2, 0) is 19.1 Å². The highest BCUT2D eigenvalue weighted by atomic mass is 16.5. The molecule has 1 fully saturated rings. The van der Waals surface area contributed by atoms with Crippen molar-refractivity contribution in [3.05, 3.63) is 0 Å². The highest BCUT2D eigenvalue weighted by Gasteiger charge is 2.42. The van der Waals surface area contributed by atoms with Gasteiger partial charge in [0.25, 0.3) is 0 Å². The van der Waals surface area contributed by atoms with Gasteiger partial charge in [0.05, 0.1) is 19.8 Å². The first-order chi connectivity index (χ1) is 13.3. The molecule has 1 aliphatic heterocycles. The average molecular weight is 401 g/mol. The summed E-state index contributed by atoms with van der Waals surface area (Å²) in [4.78, 5) is 48.5. The van der Waals surface area contributed by atoms with E-state index in [0.29, 0.717) is 0 Å². The molecular formula is C18H31N3O7. The lowest BCUT2D eigenvalue weighted by Gasteiger charge is -2.26. The number of amides is 3. The fourth-order valence-corrected chi connectivity index (χ4v) is 3.12. The molecule has 1 saturated heterocycles. The Morgan fingerprint density at radius 1 is 1.18 bits per heavy atom. The molecule has 0 radical (unpaired) electrons. The minimum atomic E-state index is -1.24. The van der Waals surface area contributed by atoms with Crippen molar-refractivity contribution in [1.82, 2.24) is 15.5 Å². The summed E-state index contributed by atoms with van der Waals surface area (Å²) in [5, 5.41) is 13.6. The number of methoxy groups -OCH3 is 1.